The highest BCUT2D eigenvalue weighted by molar-refractivity contribution is 5.98. The van der Waals surface area contributed by atoms with Crippen LogP contribution in [0.4, 0.5) is 27.6 Å². The molecule has 0 fully saturated rings. The van der Waals surface area contributed by atoms with Crippen molar-refractivity contribution in [1.82, 2.24) is 9.78 Å². The molecule has 2 N–H and O–H groups in total. The molecule has 0 aliphatic carbocycles. The van der Waals surface area contributed by atoms with Gasteiger partial charge in [0.05, 0.1) is 17.4 Å². The van der Waals surface area contributed by atoms with Gasteiger partial charge in [0.25, 0.3) is 0 Å². The van der Waals surface area contributed by atoms with Gasteiger partial charge in [0.2, 0.25) is 0 Å². The molecular formula is C19H14F5N3O. The van der Waals surface area contributed by atoms with Crippen LogP contribution in [0.1, 0.15) is 27.0 Å². The first-order chi connectivity index (χ1) is 13.1. The number of aromatic nitrogens is 2. The van der Waals surface area contributed by atoms with Crippen LogP contribution in [0.5, 0.6) is 0 Å². The predicted octanol–water partition coefficient (Wildman–Crippen LogP) is 4.49. The summed E-state index contributed by atoms with van der Waals surface area (Å²) >= 11 is 0. The molecule has 0 spiro atoms. The third kappa shape index (κ3) is 3.88. The molecule has 0 amide bonds. The number of nitrogen functional groups attached to an aromatic ring is 1. The fourth-order valence-corrected chi connectivity index (χ4v) is 2.65. The maximum atomic E-state index is 14.0. The van der Waals surface area contributed by atoms with E-state index in [2.05, 4.69) is 5.10 Å². The number of Topliss-reactive ketones (excluding diaryl/α,β-unsaturated/α-hetero) is 1. The number of nitrogens with two attached hydrogens (primary N) is 1. The standard InChI is InChI=1S/C19H14F5N3O/c1-10-8-26-27(9-10)14-5-12(4-13(7-14)19(22,23)24)16(28)6-11-2-3-15(20)18(25)17(11)21/h2-5,7-9H,6,25H2,1H3. The Kier molecular flexibility index (Phi) is 4.93. The van der Waals surface area contributed by atoms with E-state index < -0.39 is 41.3 Å². The SMILES string of the molecule is Cc1cnn(-c2cc(C(=O)Cc3ccc(F)c(N)c3F)cc(C(F)(F)F)c2)c1. The van der Waals surface area contributed by atoms with Gasteiger partial charge in [-0.15, -0.1) is 0 Å². The summed E-state index contributed by atoms with van der Waals surface area (Å²) in [4.78, 5) is 12.5. The van der Waals surface area contributed by atoms with Crippen LogP contribution in [0.15, 0.2) is 42.7 Å². The van der Waals surface area contributed by atoms with E-state index in [-0.39, 0.29) is 16.8 Å². The number of rotatable bonds is 4. The number of aryl methyl sites for hydroxylation is 1. The van der Waals surface area contributed by atoms with Crippen molar-refractivity contribution in [3.05, 3.63) is 76.6 Å². The number of carbonyl (C=O) groups excluding carboxylic acids is 1. The lowest BCUT2D eigenvalue weighted by Gasteiger charge is -2.12. The first-order valence-electron chi connectivity index (χ1n) is 8.05. The minimum Gasteiger partial charge on any atom is -0.394 e. The molecule has 0 saturated heterocycles. The topological polar surface area (TPSA) is 60.9 Å². The van der Waals surface area contributed by atoms with E-state index in [9.17, 15) is 26.7 Å². The number of nitrogens with zero attached hydrogens (tertiary/aromatic N) is 2. The van der Waals surface area contributed by atoms with E-state index in [0.29, 0.717) is 11.6 Å². The van der Waals surface area contributed by atoms with Crippen molar-refractivity contribution in [2.45, 2.75) is 19.5 Å². The van der Waals surface area contributed by atoms with Crippen molar-refractivity contribution in [3.63, 3.8) is 0 Å². The summed E-state index contributed by atoms with van der Waals surface area (Å²) in [6.07, 6.45) is -2.31. The van der Waals surface area contributed by atoms with E-state index in [0.717, 1.165) is 18.2 Å². The number of benzene rings is 2. The first-order valence-corrected chi connectivity index (χ1v) is 8.05. The number of alkyl halides is 3. The number of hydrogen-bond donors (Lipinski definition) is 1. The molecule has 0 aliphatic heterocycles. The van der Waals surface area contributed by atoms with Crippen molar-refractivity contribution in [1.29, 1.82) is 0 Å². The van der Waals surface area contributed by atoms with Gasteiger partial charge in [-0.25, -0.2) is 13.5 Å². The molecule has 0 bridgehead atoms. The fraction of sp³-hybridized carbons (Fsp3) is 0.158. The van der Waals surface area contributed by atoms with Crippen molar-refractivity contribution < 1.29 is 26.7 Å². The number of ketones is 1. The molecule has 3 rings (SSSR count). The lowest BCUT2D eigenvalue weighted by molar-refractivity contribution is -0.137. The molecule has 4 nitrogen and oxygen atoms in total. The molecule has 1 aromatic heterocycles. The van der Waals surface area contributed by atoms with E-state index in [4.69, 9.17) is 5.73 Å². The molecule has 0 saturated carbocycles. The monoisotopic (exact) mass is 395 g/mol. The molecule has 0 atom stereocenters. The number of carbonyl (C=O) groups is 1. The maximum Gasteiger partial charge on any atom is 0.416 e. The normalized spacial score (nSPS) is 11.6. The molecule has 0 radical (unpaired) electrons. The highest BCUT2D eigenvalue weighted by Gasteiger charge is 2.32. The van der Waals surface area contributed by atoms with Gasteiger partial charge >= 0.3 is 6.18 Å². The summed E-state index contributed by atoms with van der Waals surface area (Å²) in [7, 11) is 0. The van der Waals surface area contributed by atoms with Gasteiger partial charge in [-0.2, -0.15) is 18.3 Å². The van der Waals surface area contributed by atoms with Crippen molar-refractivity contribution in [2.24, 2.45) is 0 Å². The summed E-state index contributed by atoms with van der Waals surface area (Å²) in [6, 6.07) is 4.71. The van der Waals surface area contributed by atoms with Gasteiger partial charge in [0.15, 0.2) is 11.6 Å². The van der Waals surface area contributed by atoms with Gasteiger partial charge < -0.3 is 5.73 Å². The lowest BCUT2D eigenvalue weighted by Crippen LogP contribution is -2.12. The van der Waals surface area contributed by atoms with Crippen LogP contribution in [0.2, 0.25) is 0 Å². The van der Waals surface area contributed by atoms with Gasteiger partial charge in [-0.3, -0.25) is 4.79 Å². The summed E-state index contributed by atoms with van der Waals surface area (Å²) in [5.74, 6) is -2.87. The first kappa shape index (κ1) is 19.5. The zero-order valence-corrected chi connectivity index (χ0v) is 14.5. The molecule has 1 heterocycles. The molecule has 0 aliphatic rings. The average molecular weight is 395 g/mol. The van der Waals surface area contributed by atoms with Gasteiger partial charge in [0, 0.05) is 18.2 Å². The summed E-state index contributed by atoms with van der Waals surface area (Å²) in [6.45, 7) is 1.71. The third-order valence-corrected chi connectivity index (χ3v) is 4.10. The smallest absolute Gasteiger partial charge is 0.394 e. The van der Waals surface area contributed by atoms with Crippen LogP contribution in [-0.4, -0.2) is 15.6 Å². The van der Waals surface area contributed by atoms with Crippen molar-refractivity contribution in [2.75, 3.05) is 5.73 Å². The van der Waals surface area contributed by atoms with Gasteiger partial charge in [0.1, 0.15) is 11.5 Å². The molecule has 28 heavy (non-hydrogen) atoms. The van der Waals surface area contributed by atoms with E-state index in [1.54, 1.807) is 6.92 Å². The van der Waals surface area contributed by atoms with Crippen LogP contribution in [0.3, 0.4) is 0 Å². The number of anilines is 1. The molecule has 9 heteroatoms. The largest absolute Gasteiger partial charge is 0.416 e. The second-order valence-electron chi connectivity index (χ2n) is 6.26. The molecule has 146 valence electrons. The Morgan fingerprint density at radius 2 is 1.89 bits per heavy atom. The van der Waals surface area contributed by atoms with Crippen LogP contribution >= 0.6 is 0 Å². The summed E-state index contributed by atoms with van der Waals surface area (Å²) < 4.78 is 68.3. The lowest BCUT2D eigenvalue weighted by atomic mass is 9.99. The summed E-state index contributed by atoms with van der Waals surface area (Å²) in [5, 5.41) is 3.95. The second kappa shape index (κ2) is 7.06. The minimum atomic E-state index is -4.70. The Hall–Kier alpha value is -3.23. The van der Waals surface area contributed by atoms with Crippen molar-refractivity contribution in [3.8, 4) is 5.69 Å². The Morgan fingerprint density at radius 3 is 2.50 bits per heavy atom. The van der Waals surface area contributed by atoms with E-state index >= 15 is 0 Å². The molecule has 0 unspecified atom stereocenters. The molecule has 2 aromatic carbocycles. The number of hydrogen-bond acceptors (Lipinski definition) is 3. The van der Waals surface area contributed by atoms with Gasteiger partial charge in [-0.05, 0) is 42.3 Å². The predicted molar refractivity (Wildman–Crippen MR) is 92.1 cm³/mol. The minimum absolute atomic E-state index is 0.0327. The second-order valence-corrected chi connectivity index (χ2v) is 6.26. The highest BCUT2D eigenvalue weighted by atomic mass is 19.4. The zero-order chi connectivity index (χ0) is 20.6. The fourth-order valence-electron chi connectivity index (χ4n) is 2.65. The maximum absolute atomic E-state index is 14.0. The Bertz CT molecular complexity index is 1060. The third-order valence-electron chi connectivity index (χ3n) is 4.10. The van der Waals surface area contributed by atoms with E-state index in [1.807, 2.05) is 0 Å². The highest BCUT2D eigenvalue weighted by Crippen LogP contribution is 2.32. The van der Waals surface area contributed by atoms with E-state index in [1.165, 1.54) is 23.1 Å². The average Bonchev–Trinajstić information content (AvgIpc) is 3.07. The van der Waals surface area contributed by atoms with Gasteiger partial charge in [-0.1, -0.05) is 6.07 Å². The zero-order valence-electron chi connectivity index (χ0n) is 14.5. The van der Waals surface area contributed by atoms with Crippen LogP contribution in [0.25, 0.3) is 5.69 Å². The van der Waals surface area contributed by atoms with Crippen molar-refractivity contribution >= 4 is 11.5 Å². The van der Waals surface area contributed by atoms with Crippen LogP contribution < -0.4 is 5.73 Å². The van der Waals surface area contributed by atoms with Crippen LogP contribution in [-0.2, 0) is 12.6 Å². The number of halogens is 5. The molecule has 3 aromatic rings. The Labute approximate surface area is 156 Å². The quantitative estimate of drug-likeness (QED) is 0.402. The molecular weight excluding hydrogens is 381 g/mol. The Morgan fingerprint density at radius 1 is 1.18 bits per heavy atom. The summed E-state index contributed by atoms with van der Waals surface area (Å²) in [5.41, 5.74) is 3.73. The Balaban J connectivity index is 2.03. The van der Waals surface area contributed by atoms with Crippen LogP contribution in [0, 0.1) is 18.6 Å².